The molecule has 0 unspecified atom stereocenters. The first kappa shape index (κ1) is 20.4. The molecule has 0 bridgehead atoms. The highest BCUT2D eigenvalue weighted by Crippen LogP contribution is 2.20. The maximum absolute atomic E-state index is 12.3. The predicted octanol–water partition coefficient (Wildman–Crippen LogP) is 4.04. The number of carbonyl (C=O) groups is 2. The van der Waals surface area contributed by atoms with Crippen molar-refractivity contribution in [3.63, 3.8) is 0 Å². The average molecular weight is 375 g/mol. The zero-order valence-corrected chi connectivity index (χ0v) is 13.8. The van der Waals surface area contributed by atoms with E-state index < -0.39 is 12.1 Å². The molecule has 9 heteroatoms. The van der Waals surface area contributed by atoms with Gasteiger partial charge in [-0.1, -0.05) is 23.7 Å². The molecule has 0 radical (unpaired) electrons. The van der Waals surface area contributed by atoms with Crippen molar-refractivity contribution in [1.29, 1.82) is 0 Å². The second-order valence-corrected chi connectivity index (χ2v) is 4.98. The molecule has 2 aromatic rings. The normalized spacial score (nSPS) is 10.4. The van der Waals surface area contributed by atoms with Crippen molar-refractivity contribution in [1.82, 2.24) is 4.98 Å². The second kappa shape index (κ2) is 9.03. The van der Waals surface area contributed by atoms with Gasteiger partial charge in [0, 0.05) is 23.5 Å². The Bertz CT molecular complexity index is 724. The lowest BCUT2D eigenvalue weighted by Crippen LogP contribution is -2.31. The summed E-state index contributed by atoms with van der Waals surface area (Å²) in [6, 6.07) is 12.5. The van der Waals surface area contributed by atoms with Gasteiger partial charge in [0.25, 0.3) is 5.91 Å². The van der Waals surface area contributed by atoms with E-state index in [4.69, 9.17) is 21.5 Å². The van der Waals surface area contributed by atoms with Gasteiger partial charge in [-0.05, 0) is 37.3 Å². The van der Waals surface area contributed by atoms with Gasteiger partial charge in [0.1, 0.15) is 5.69 Å². The summed E-state index contributed by atoms with van der Waals surface area (Å²) in [5.74, 6) is -2.88. The largest absolute Gasteiger partial charge is 0.490 e. The molecule has 1 amide bonds. The fourth-order valence-electron chi connectivity index (χ4n) is 1.71. The van der Waals surface area contributed by atoms with E-state index in [0.717, 1.165) is 5.69 Å². The fraction of sp³-hybridized carbons (Fsp3) is 0.188. The Hall–Kier alpha value is -2.61. The number of pyridine rings is 1. The van der Waals surface area contributed by atoms with Crippen molar-refractivity contribution in [2.24, 2.45) is 0 Å². The van der Waals surface area contributed by atoms with Crippen LogP contribution in [0.4, 0.5) is 18.9 Å². The summed E-state index contributed by atoms with van der Waals surface area (Å²) >= 11 is 5.94. The highest BCUT2D eigenvalue weighted by atomic mass is 35.5. The predicted molar refractivity (Wildman–Crippen MR) is 86.7 cm³/mol. The monoisotopic (exact) mass is 374 g/mol. The van der Waals surface area contributed by atoms with E-state index >= 15 is 0 Å². The van der Waals surface area contributed by atoms with Crippen LogP contribution < -0.4 is 4.90 Å². The van der Waals surface area contributed by atoms with Gasteiger partial charge in [0.05, 0.1) is 0 Å². The Balaban J connectivity index is 0.000000381. The van der Waals surface area contributed by atoms with Gasteiger partial charge < -0.3 is 10.0 Å². The highest BCUT2D eigenvalue weighted by molar-refractivity contribution is 6.31. The molecule has 1 heterocycles. The fourth-order valence-corrected chi connectivity index (χ4v) is 1.90. The smallest absolute Gasteiger partial charge is 0.475 e. The van der Waals surface area contributed by atoms with E-state index in [1.54, 1.807) is 41.4 Å². The summed E-state index contributed by atoms with van der Waals surface area (Å²) in [5, 5.41) is 7.74. The highest BCUT2D eigenvalue weighted by Gasteiger charge is 2.38. The van der Waals surface area contributed by atoms with Gasteiger partial charge in [-0.3, -0.25) is 9.78 Å². The molecule has 0 spiro atoms. The maximum Gasteiger partial charge on any atom is 0.490 e. The number of alkyl halides is 3. The van der Waals surface area contributed by atoms with E-state index in [1.807, 2.05) is 19.1 Å². The maximum atomic E-state index is 12.3. The number of carboxylic acid groups (broad SMARTS) is 1. The molecule has 134 valence electrons. The van der Waals surface area contributed by atoms with E-state index in [2.05, 4.69) is 4.98 Å². The number of carbonyl (C=O) groups excluding carboxylic acids is 1. The van der Waals surface area contributed by atoms with Crippen LogP contribution in [0, 0.1) is 0 Å². The number of amides is 1. The average Bonchev–Trinajstić information content (AvgIpc) is 2.56. The first-order valence-electron chi connectivity index (χ1n) is 6.95. The number of halogens is 4. The number of nitrogens with zero attached hydrogens (tertiary/aromatic N) is 2. The summed E-state index contributed by atoms with van der Waals surface area (Å²) in [7, 11) is 0. The quantitative estimate of drug-likeness (QED) is 0.880. The van der Waals surface area contributed by atoms with Gasteiger partial charge in [-0.25, -0.2) is 4.79 Å². The third-order valence-electron chi connectivity index (χ3n) is 2.81. The number of rotatable bonds is 3. The molecular formula is C16H14ClF3N2O3. The van der Waals surface area contributed by atoms with Crippen molar-refractivity contribution in [3.05, 3.63) is 59.4 Å². The lowest BCUT2D eigenvalue weighted by Gasteiger charge is -2.20. The second-order valence-electron chi connectivity index (χ2n) is 4.55. The van der Waals surface area contributed by atoms with Crippen molar-refractivity contribution in [3.8, 4) is 0 Å². The van der Waals surface area contributed by atoms with Crippen LogP contribution in [0.15, 0.2) is 48.7 Å². The van der Waals surface area contributed by atoms with Crippen LogP contribution in [0.2, 0.25) is 5.02 Å². The molecule has 2 rings (SSSR count). The first-order chi connectivity index (χ1) is 11.7. The molecule has 5 nitrogen and oxygen atoms in total. The first-order valence-corrected chi connectivity index (χ1v) is 7.33. The summed E-state index contributed by atoms with van der Waals surface area (Å²) in [6.07, 6.45) is -3.47. The standard InChI is InChI=1S/C14H13ClN2O.C2HF3O2/c1-2-17(12-7-5-6-11(15)10-12)14(18)13-8-3-4-9-16-13;3-2(4,5)1(6)7/h3-10H,2H2,1H3;(H,6,7). The van der Waals surface area contributed by atoms with Crippen molar-refractivity contribution in [2.75, 3.05) is 11.4 Å². The Morgan fingerprint density at radius 2 is 1.84 bits per heavy atom. The Kier molecular flexibility index (Phi) is 7.38. The van der Waals surface area contributed by atoms with Gasteiger partial charge in [-0.15, -0.1) is 0 Å². The molecule has 0 saturated carbocycles. The lowest BCUT2D eigenvalue weighted by molar-refractivity contribution is -0.192. The molecule has 0 saturated heterocycles. The zero-order valence-electron chi connectivity index (χ0n) is 13.0. The number of aromatic nitrogens is 1. The summed E-state index contributed by atoms with van der Waals surface area (Å²) in [6.45, 7) is 2.48. The molecule has 0 aliphatic carbocycles. The summed E-state index contributed by atoms with van der Waals surface area (Å²) in [5.41, 5.74) is 1.21. The van der Waals surface area contributed by atoms with Gasteiger partial charge in [0.15, 0.2) is 0 Å². The molecule has 25 heavy (non-hydrogen) atoms. The van der Waals surface area contributed by atoms with Gasteiger partial charge >= 0.3 is 12.1 Å². The van der Waals surface area contributed by atoms with Crippen molar-refractivity contribution >= 4 is 29.2 Å². The molecular weight excluding hydrogens is 361 g/mol. The molecule has 0 fully saturated rings. The van der Waals surface area contributed by atoms with E-state index in [-0.39, 0.29) is 5.91 Å². The molecule has 1 aromatic heterocycles. The van der Waals surface area contributed by atoms with Crippen molar-refractivity contribution < 1.29 is 27.9 Å². The lowest BCUT2D eigenvalue weighted by atomic mass is 10.2. The topological polar surface area (TPSA) is 70.5 Å². The minimum atomic E-state index is -5.08. The minimum Gasteiger partial charge on any atom is -0.475 e. The van der Waals surface area contributed by atoms with Crippen molar-refractivity contribution in [2.45, 2.75) is 13.1 Å². The third-order valence-corrected chi connectivity index (χ3v) is 3.04. The van der Waals surface area contributed by atoms with Crippen LogP contribution in [0.3, 0.4) is 0 Å². The van der Waals surface area contributed by atoms with E-state index in [1.165, 1.54) is 0 Å². The van der Waals surface area contributed by atoms with Crippen LogP contribution in [0.5, 0.6) is 0 Å². The minimum absolute atomic E-state index is 0.125. The number of benzene rings is 1. The summed E-state index contributed by atoms with van der Waals surface area (Å²) < 4.78 is 31.7. The number of carboxylic acids is 1. The van der Waals surface area contributed by atoms with Crippen LogP contribution in [0.1, 0.15) is 17.4 Å². The molecule has 0 atom stereocenters. The van der Waals surface area contributed by atoms with Crippen LogP contribution in [0.25, 0.3) is 0 Å². The molecule has 1 N–H and O–H groups in total. The SMILES string of the molecule is CCN(C(=O)c1ccccn1)c1cccc(Cl)c1.O=C(O)C(F)(F)F. The molecule has 0 aliphatic heterocycles. The third kappa shape index (κ3) is 6.42. The Morgan fingerprint density at radius 1 is 1.20 bits per heavy atom. The Labute approximate surface area is 146 Å². The molecule has 1 aromatic carbocycles. The molecule has 0 aliphatic rings. The van der Waals surface area contributed by atoms with Crippen LogP contribution in [-0.2, 0) is 4.79 Å². The van der Waals surface area contributed by atoms with E-state index in [0.29, 0.717) is 17.3 Å². The summed E-state index contributed by atoms with van der Waals surface area (Å²) in [4.78, 5) is 26.9. The number of hydrogen-bond acceptors (Lipinski definition) is 3. The van der Waals surface area contributed by atoms with Gasteiger partial charge in [-0.2, -0.15) is 13.2 Å². The number of anilines is 1. The number of aliphatic carboxylic acids is 1. The van der Waals surface area contributed by atoms with Gasteiger partial charge in [0.2, 0.25) is 0 Å². The Morgan fingerprint density at radius 3 is 2.28 bits per heavy atom. The zero-order chi connectivity index (χ0) is 19.0. The van der Waals surface area contributed by atoms with E-state index in [9.17, 15) is 18.0 Å². The number of hydrogen-bond donors (Lipinski definition) is 1. The van der Waals surface area contributed by atoms with Crippen LogP contribution in [-0.4, -0.2) is 34.7 Å². The van der Waals surface area contributed by atoms with Crippen LogP contribution >= 0.6 is 11.6 Å².